The summed E-state index contributed by atoms with van der Waals surface area (Å²) in [5.41, 5.74) is 3.05. The number of para-hydroxylation sites is 1. The summed E-state index contributed by atoms with van der Waals surface area (Å²) in [4.78, 5) is 32.0. The van der Waals surface area contributed by atoms with E-state index in [0.717, 1.165) is 58.7 Å². The van der Waals surface area contributed by atoms with Gasteiger partial charge < -0.3 is 25.6 Å². The highest BCUT2D eigenvalue weighted by atomic mass is 16.3. The van der Waals surface area contributed by atoms with Crippen LogP contribution in [0.5, 0.6) is 0 Å². The maximum Gasteiger partial charge on any atom is 0.245 e. The Labute approximate surface area is 223 Å². The number of fused-ring (bicyclic) bond motifs is 2. The highest BCUT2D eigenvalue weighted by Gasteiger charge is 2.31. The Morgan fingerprint density at radius 1 is 1.00 bits per heavy atom. The van der Waals surface area contributed by atoms with E-state index in [2.05, 4.69) is 39.9 Å². The summed E-state index contributed by atoms with van der Waals surface area (Å²) in [7, 11) is 1.72. The molecule has 4 aromatic rings. The number of nitrogens with one attached hydrogen (secondary N) is 3. The molecule has 1 aliphatic rings. The molecule has 5 rings (SSSR count). The zero-order valence-corrected chi connectivity index (χ0v) is 21.8. The third-order valence-corrected chi connectivity index (χ3v) is 7.81. The quantitative estimate of drug-likeness (QED) is 0.276. The first-order chi connectivity index (χ1) is 18.5. The molecule has 0 spiro atoms. The van der Waals surface area contributed by atoms with Crippen molar-refractivity contribution in [1.82, 2.24) is 20.5 Å². The van der Waals surface area contributed by atoms with Crippen LogP contribution in [0.2, 0.25) is 0 Å². The van der Waals surface area contributed by atoms with E-state index in [1.54, 1.807) is 11.9 Å². The molecule has 1 saturated heterocycles. The Kier molecular flexibility index (Phi) is 8.05. The van der Waals surface area contributed by atoms with Crippen LogP contribution in [0.3, 0.4) is 0 Å². The zero-order valence-electron chi connectivity index (χ0n) is 21.8. The smallest absolute Gasteiger partial charge is 0.245 e. The minimum Gasteiger partial charge on any atom is -0.394 e. The van der Waals surface area contributed by atoms with Crippen molar-refractivity contribution in [3.8, 4) is 0 Å². The van der Waals surface area contributed by atoms with Gasteiger partial charge >= 0.3 is 0 Å². The summed E-state index contributed by atoms with van der Waals surface area (Å²) < 4.78 is 0. The predicted molar refractivity (Wildman–Crippen MR) is 151 cm³/mol. The number of nitrogens with zero attached hydrogens (tertiary/aromatic N) is 1. The first-order valence-electron chi connectivity index (χ1n) is 13.4. The monoisotopic (exact) mass is 512 g/mol. The molecule has 38 heavy (non-hydrogen) atoms. The van der Waals surface area contributed by atoms with Crippen LogP contribution < -0.4 is 10.6 Å². The first-order valence-corrected chi connectivity index (χ1v) is 13.4. The molecular formula is C31H36N4O3. The first kappa shape index (κ1) is 25.9. The van der Waals surface area contributed by atoms with Gasteiger partial charge in [0.25, 0.3) is 0 Å². The molecule has 1 aromatic heterocycles. The number of hydrogen-bond acceptors (Lipinski definition) is 4. The summed E-state index contributed by atoms with van der Waals surface area (Å²) in [5.74, 6) is -0.371. The number of carbonyl (C=O) groups excluding carboxylic acids is 2. The summed E-state index contributed by atoms with van der Waals surface area (Å²) in [6.07, 6.45) is 4.36. The number of amides is 2. The molecule has 2 unspecified atom stereocenters. The lowest BCUT2D eigenvalue weighted by Gasteiger charge is -2.32. The molecule has 198 valence electrons. The largest absolute Gasteiger partial charge is 0.394 e. The normalized spacial score (nSPS) is 15.8. The molecule has 0 bridgehead atoms. The highest BCUT2D eigenvalue weighted by Crippen LogP contribution is 2.22. The Morgan fingerprint density at radius 2 is 1.74 bits per heavy atom. The van der Waals surface area contributed by atoms with E-state index in [4.69, 9.17) is 0 Å². The molecule has 0 radical (unpaired) electrons. The van der Waals surface area contributed by atoms with Crippen LogP contribution in [0.25, 0.3) is 21.7 Å². The van der Waals surface area contributed by atoms with E-state index in [9.17, 15) is 14.7 Å². The van der Waals surface area contributed by atoms with E-state index in [0.29, 0.717) is 12.8 Å². The van der Waals surface area contributed by atoms with E-state index in [1.165, 1.54) is 0 Å². The number of aliphatic hydroxyl groups is 1. The average molecular weight is 513 g/mol. The number of likely N-dealkylation sites (N-methyl/N-ethyl adjacent to an activating group) is 1. The fourth-order valence-corrected chi connectivity index (χ4v) is 5.48. The van der Waals surface area contributed by atoms with Crippen molar-refractivity contribution in [3.05, 3.63) is 84.1 Å². The fraction of sp³-hybridized carbons (Fsp3) is 0.355. The Hall–Kier alpha value is -3.68. The topological polar surface area (TPSA) is 97.5 Å². The molecule has 3 aromatic carbocycles. The van der Waals surface area contributed by atoms with Crippen molar-refractivity contribution in [2.75, 3.05) is 26.7 Å². The number of carbonyl (C=O) groups is 2. The van der Waals surface area contributed by atoms with Crippen LogP contribution in [-0.4, -0.2) is 65.6 Å². The van der Waals surface area contributed by atoms with E-state index >= 15 is 0 Å². The Bertz CT molecular complexity index is 1410. The Morgan fingerprint density at radius 3 is 2.53 bits per heavy atom. The van der Waals surface area contributed by atoms with Gasteiger partial charge in [0.15, 0.2) is 0 Å². The lowest BCUT2D eigenvalue weighted by molar-refractivity contribution is -0.138. The number of piperidine rings is 1. The number of aliphatic hydroxyl groups excluding tert-OH is 1. The standard InChI is InChI=1S/C31H36N4O3/c1-35(26(20-36)18-25-19-33-28-9-5-4-8-27(25)28)31(38)29(34-30(37)23-12-14-32-15-13-23)17-21-10-11-22-6-2-3-7-24(22)16-21/h2-11,16,19,23,26,29,32-33,36H,12-15,17-18,20H2,1H3,(H,34,37). The molecular weight excluding hydrogens is 476 g/mol. The van der Waals surface area contributed by atoms with Crippen LogP contribution in [0, 0.1) is 5.92 Å². The summed E-state index contributed by atoms with van der Waals surface area (Å²) in [6.45, 7) is 1.43. The van der Waals surface area contributed by atoms with Gasteiger partial charge in [-0.1, -0.05) is 60.7 Å². The second-order valence-electron chi connectivity index (χ2n) is 10.3. The van der Waals surface area contributed by atoms with Crippen LogP contribution >= 0.6 is 0 Å². The molecule has 1 fully saturated rings. The van der Waals surface area contributed by atoms with Crippen LogP contribution in [0.1, 0.15) is 24.0 Å². The van der Waals surface area contributed by atoms with Crippen LogP contribution in [0.15, 0.2) is 72.9 Å². The van der Waals surface area contributed by atoms with E-state index < -0.39 is 12.1 Å². The lowest BCUT2D eigenvalue weighted by atomic mass is 9.95. The fourth-order valence-electron chi connectivity index (χ4n) is 5.48. The average Bonchev–Trinajstić information content (AvgIpc) is 3.38. The summed E-state index contributed by atoms with van der Waals surface area (Å²) >= 11 is 0. The molecule has 2 heterocycles. The second-order valence-corrected chi connectivity index (χ2v) is 10.3. The summed E-state index contributed by atoms with van der Waals surface area (Å²) in [6, 6.07) is 21.2. The van der Waals surface area contributed by atoms with Crippen molar-refractivity contribution < 1.29 is 14.7 Å². The molecule has 7 nitrogen and oxygen atoms in total. The van der Waals surface area contributed by atoms with E-state index in [1.807, 2.05) is 48.7 Å². The molecule has 0 aliphatic carbocycles. The molecule has 2 amide bonds. The third-order valence-electron chi connectivity index (χ3n) is 7.81. The van der Waals surface area contributed by atoms with Crippen LogP contribution in [0.4, 0.5) is 0 Å². The van der Waals surface area contributed by atoms with Gasteiger partial charge in [0, 0.05) is 36.5 Å². The lowest BCUT2D eigenvalue weighted by Crippen LogP contribution is -2.54. The molecule has 7 heteroatoms. The van der Waals surface area contributed by atoms with Gasteiger partial charge in [-0.3, -0.25) is 9.59 Å². The summed E-state index contributed by atoms with van der Waals surface area (Å²) in [5, 5.41) is 20.0. The predicted octanol–water partition coefficient (Wildman–Crippen LogP) is 3.41. The van der Waals surface area contributed by atoms with Crippen molar-refractivity contribution in [2.24, 2.45) is 5.92 Å². The van der Waals surface area contributed by atoms with Gasteiger partial charge in [0.1, 0.15) is 6.04 Å². The number of H-pyrrole nitrogens is 1. The van der Waals surface area contributed by atoms with Crippen molar-refractivity contribution in [2.45, 2.75) is 37.8 Å². The van der Waals surface area contributed by atoms with Gasteiger partial charge in [-0.25, -0.2) is 0 Å². The van der Waals surface area contributed by atoms with Gasteiger partial charge in [0.2, 0.25) is 11.8 Å². The van der Waals surface area contributed by atoms with Crippen LogP contribution in [-0.2, 0) is 22.4 Å². The maximum atomic E-state index is 13.9. The minimum atomic E-state index is -0.722. The number of aromatic amines is 1. The molecule has 1 aliphatic heterocycles. The van der Waals surface area contributed by atoms with Gasteiger partial charge in [-0.15, -0.1) is 0 Å². The number of rotatable bonds is 9. The highest BCUT2D eigenvalue weighted by molar-refractivity contribution is 5.89. The SMILES string of the molecule is CN(C(=O)C(Cc1ccc2ccccc2c1)NC(=O)C1CCNCC1)C(CO)Cc1c[nH]c2ccccc12. The second kappa shape index (κ2) is 11.8. The molecule has 4 N–H and O–H groups in total. The third kappa shape index (κ3) is 5.74. The maximum absolute atomic E-state index is 13.9. The minimum absolute atomic E-state index is 0.0729. The Balaban J connectivity index is 1.37. The van der Waals surface area contributed by atoms with Gasteiger partial charge in [-0.05, 0) is 60.3 Å². The van der Waals surface area contributed by atoms with Gasteiger partial charge in [0.05, 0.1) is 12.6 Å². The van der Waals surface area contributed by atoms with Gasteiger partial charge in [-0.2, -0.15) is 0 Å². The number of aromatic nitrogens is 1. The van der Waals surface area contributed by atoms with Crippen molar-refractivity contribution >= 4 is 33.5 Å². The number of hydrogen-bond donors (Lipinski definition) is 4. The molecule has 0 saturated carbocycles. The van der Waals surface area contributed by atoms with Crippen molar-refractivity contribution in [3.63, 3.8) is 0 Å². The van der Waals surface area contributed by atoms with E-state index in [-0.39, 0.29) is 24.3 Å². The van der Waals surface area contributed by atoms with Crippen molar-refractivity contribution in [1.29, 1.82) is 0 Å². The number of benzene rings is 3. The molecule has 2 atom stereocenters. The zero-order chi connectivity index (χ0) is 26.5.